The third-order valence-corrected chi connectivity index (χ3v) is 2.92. The van der Waals surface area contributed by atoms with E-state index < -0.39 is 5.97 Å². The molecule has 0 radical (unpaired) electrons. The summed E-state index contributed by atoms with van der Waals surface area (Å²) in [6.07, 6.45) is 2.61. The monoisotopic (exact) mass is 235 g/mol. The highest BCUT2D eigenvalue weighted by Gasteiger charge is 2.10. The number of nitrogens with zero attached hydrogens (tertiary/aromatic N) is 1. The van der Waals surface area contributed by atoms with Crippen LogP contribution in [0.15, 0.2) is 30.3 Å². The number of para-hydroxylation sites is 1. The number of hydrogen-bond donors (Lipinski definition) is 1. The number of benzene rings is 1. The molecule has 0 aliphatic carbocycles. The Hall–Kier alpha value is -1.74. The Morgan fingerprint density at radius 2 is 2.12 bits per heavy atom. The molecule has 82 valence electrons. The number of halogens is 1. The van der Waals surface area contributed by atoms with Gasteiger partial charge in [0.25, 0.3) is 0 Å². The molecule has 1 aromatic carbocycles. The molecule has 0 fully saturated rings. The molecule has 0 spiro atoms. The highest BCUT2D eigenvalue weighted by molar-refractivity contribution is 6.33. The zero-order valence-corrected chi connectivity index (χ0v) is 9.40. The summed E-state index contributed by atoms with van der Waals surface area (Å²) >= 11 is 6.14. The summed E-state index contributed by atoms with van der Waals surface area (Å²) in [4.78, 5) is 10.5. The fourth-order valence-electron chi connectivity index (χ4n) is 1.70. The van der Waals surface area contributed by atoms with Gasteiger partial charge in [0, 0.05) is 29.6 Å². The van der Waals surface area contributed by atoms with Gasteiger partial charge in [-0.05, 0) is 12.1 Å². The average molecular weight is 236 g/mol. The van der Waals surface area contributed by atoms with Crippen LogP contribution in [-0.4, -0.2) is 15.6 Å². The molecule has 2 aromatic rings. The zero-order valence-electron chi connectivity index (χ0n) is 8.64. The molecule has 0 amide bonds. The number of fused-ring (bicyclic) bond motifs is 1. The van der Waals surface area contributed by atoms with Crippen molar-refractivity contribution >= 4 is 34.5 Å². The fraction of sp³-hybridized carbons (Fsp3) is 0.0833. The molecule has 0 bridgehead atoms. The van der Waals surface area contributed by atoms with Crippen molar-refractivity contribution in [3.05, 3.63) is 41.1 Å². The van der Waals surface area contributed by atoms with Crippen molar-refractivity contribution in [2.45, 2.75) is 0 Å². The van der Waals surface area contributed by atoms with Gasteiger partial charge in [-0.2, -0.15) is 0 Å². The molecule has 1 heterocycles. The number of carboxylic acid groups (broad SMARTS) is 1. The van der Waals surface area contributed by atoms with Gasteiger partial charge in [0.15, 0.2) is 0 Å². The van der Waals surface area contributed by atoms with Gasteiger partial charge in [-0.25, -0.2) is 4.79 Å². The Bertz CT molecular complexity index is 584. The van der Waals surface area contributed by atoms with E-state index in [0.717, 1.165) is 22.5 Å². The zero-order chi connectivity index (χ0) is 11.7. The van der Waals surface area contributed by atoms with Gasteiger partial charge in [0.05, 0.1) is 0 Å². The SMILES string of the molecule is Cn1c(Cl)c(/C=C/C(=O)O)c2ccccc21. The first kappa shape index (κ1) is 10.8. The third kappa shape index (κ3) is 1.70. The van der Waals surface area contributed by atoms with E-state index in [9.17, 15) is 4.79 Å². The Balaban J connectivity index is 2.69. The normalized spacial score (nSPS) is 11.4. The maximum atomic E-state index is 10.5. The van der Waals surface area contributed by atoms with Gasteiger partial charge in [0.2, 0.25) is 0 Å². The summed E-state index contributed by atoms with van der Waals surface area (Å²) in [6, 6.07) is 7.68. The summed E-state index contributed by atoms with van der Waals surface area (Å²) in [5.74, 6) is -0.982. The van der Waals surface area contributed by atoms with E-state index >= 15 is 0 Å². The van der Waals surface area contributed by atoms with Crippen LogP contribution in [0.3, 0.4) is 0 Å². The number of carbonyl (C=O) groups is 1. The minimum atomic E-state index is -0.982. The number of aromatic nitrogens is 1. The summed E-state index contributed by atoms with van der Waals surface area (Å²) < 4.78 is 1.83. The molecule has 0 aliphatic heterocycles. The predicted molar refractivity (Wildman–Crippen MR) is 64.6 cm³/mol. The van der Waals surface area contributed by atoms with Gasteiger partial charge < -0.3 is 9.67 Å². The smallest absolute Gasteiger partial charge is 0.328 e. The largest absolute Gasteiger partial charge is 0.478 e. The van der Waals surface area contributed by atoms with Crippen LogP contribution in [0.5, 0.6) is 0 Å². The number of carboxylic acids is 1. The first-order valence-electron chi connectivity index (χ1n) is 4.75. The Labute approximate surface area is 97.6 Å². The lowest BCUT2D eigenvalue weighted by Gasteiger charge is -1.95. The van der Waals surface area contributed by atoms with Crippen LogP contribution in [-0.2, 0) is 11.8 Å². The van der Waals surface area contributed by atoms with E-state index in [4.69, 9.17) is 16.7 Å². The van der Waals surface area contributed by atoms with Crippen LogP contribution in [0.4, 0.5) is 0 Å². The lowest BCUT2D eigenvalue weighted by atomic mass is 10.1. The molecule has 3 nitrogen and oxygen atoms in total. The maximum absolute atomic E-state index is 10.5. The van der Waals surface area contributed by atoms with Gasteiger partial charge in [0.1, 0.15) is 5.15 Å². The summed E-state index contributed by atoms with van der Waals surface area (Å²) in [5.41, 5.74) is 1.72. The lowest BCUT2D eigenvalue weighted by molar-refractivity contribution is -0.131. The summed E-state index contributed by atoms with van der Waals surface area (Å²) in [7, 11) is 1.85. The first-order valence-corrected chi connectivity index (χ1v) is 5.13. The minimum Gasteiger partial charge on any atom is -0.478 e. The molecule has 4 heteroatoms. The van der Waals surface area contributed by atoms with Crippen LogP contribution in [0.2, 0.25) is 5.15 Å². The Morgan fingerprint density at radius 1 is 1.44 bits per heavy atom. The van der Waals surface area contributed by atoms with Crippen molar-refractivity contribution in [2.75, 3.05) is 0 Å². The highest BCUT2D eigenvalue weighted by Crippen LogP contribution is 2.29. The van der Waals surface area contributed by atoms with E-state index in [2.05, 4.69) is 0 Å². The molecule has 1 aromatic heterocycles. The van der Waals surface area contributed by atoms with Crippen LogP contribution in [0, 0.1) is 0 Å². The van der Waals surface area contributed by atoms with Crippen molar-refractivity contribution in [1.29, 1.82) is 0 Å². The van der Waals surface area contributed by atoms with Crippen molar-refractivity contribution in [3.63, 3.8) is 0 Å². The predicted octanol–water partition coefficient (Wildman–Crippen LogP) is 2.93. The van der Waals surface area contributed by atoms with Crippen LogP contribution >= 0.6 is 11.6 Å². The molecule has 0 atom stereocenters. The fourth-order valence-corrected chi connectivity index (χ4v) is 1.96. The summed E-state index contributed by atoms with van der Waals surface area (Å²) in [6.45, 7) is 0. The molecular weight excluding hydrogens is 226 g/mol. The lowest BCUT2D eigenvalue weighted by Crippen LogP contribution is -1.87. The van der Waals surface area contributed by atoms with Crippen molar-refractivity contribution in [3.8, 4) is 0 Å². The Kier molecular flexibility index (Phi) is 2.71. The van der Waals surface area contributed by atoms with E-state index in [1.165, 1.54) is 6.08 Å². The molecule has 1 N–H and O–H groups in total. The van der Waals surface area contributed by atoms with Gasteiger partial charge >= 0.3 is 5.97 Å². The van der Waals surface area contributed by atoms with Crippen molar-refractivity contribution < 1.29 is 9.90 Å². The van der Waals surface area contributed by atoms with E-state index in [1.54, 1.807) is 0 Å². The van der Waals surface area contributed by atoms with Crippen molar-refractivity contribution in [1.82, 2.24) is 4.57 Å². The number of aryl methyl sites for hydroxylation is 1. The van der Waals surface area contributed by atoms with E-state index in [0.29, 0.717) is 5.15 Å². The van der Waals surface area contributed by atoms with Crippen LogP contribution in [0.1, 0.15) is 5.56 Å². The maximum Gasteiger partial charge on any atom is 0.328 e. The number of hydrogen-bond acceptors (Lipinski definition) is 1. The van der Waals surface area contributed by atoms with Crippen molar-refractivity contribution in [2.24, 2.45) is 7.05 Å². The van der Waals surface area contributed by atoms with E-state index in [-0.39, 0.29) is 0 Å². The molecule has 0 saturated carbocycles. The topological polar surface area (TPSA) is 42.2 Å². The molecular formula is C12H10ClNO2. The quantitative estimate of drug-likeness (QED) is 0.814. The molecule has 0 unspecified atom stereocenters. The molecule has 2 rings (SSSR count). The average Bonchev–Trinajstić information content (AvgIpc) is 2.50. The first-order chi connectivity index (χ1) is 7.61. The third-order valence-electron chi connectivity index (χ3n) is 2.46. The Morgan fingerprint density at radius 3 is 2.81 bits per heavy atom. The van der Waals surface area contributed by atoms with Crippen LogP contribution in [0.25, 0.3) is 17.0 Å². The molecule has 0 aliphatic rings. The number of rotatable bonds is 2. The second-order valence-electron chi connectivity index (χ2n) is 3.45. The van der Waals surface area contributed by atoms with Gasteiger partial charge in [-0.1, -0.05) is 29.8 Å². The standard InChI is InChI=1S/C12H10ClNO2/c1-14-10-5-3-2-4-8(10)9(12(14)13)6-7-11(15)16/h2-7H,1H3,(H,15,16)/b7-6+. The minimum absolute atomic E-state index is 0.540. The second kappa shape index (κ2) is 4.02. The summed E-state index contributed by atoms with van der Waals surface area (Å²) in [5, 5.41) is 10.1. The van der Waals surface area contributed by atoms with Gasteiger partial charge in [-0.3, -0.25) is 0 Å². The number of aliphatic carboxylic acids is 1. The van der Waals surface area contributed by atoms with E-state index in [1.807, 2.05) is 35.9 Å². The highest BCUT2D eigenvalue weighted by atomic mass is 35.5. The molecule has 16 heavy (non-hydrogen) atoms. The van der Waals surface area contributed by atoms with Crippen LogP contribution < -0.4 is 0 Å². The second-order valence-corrected chi connectivity index (χ2v) is 3.81. The van der Waals surface area contributed by atoms with Gasteiger partial charge in [-0.15, -0.1) is 0 Å². The molecule has 0 saturated heterocycles.